The number of piperazine rings is 1. The summed E-state index contributed by atoms with van der Waals surface area (Å²) in [6.45, 7) is 4.48. The second-order valence-electron chi connectivity index (χ2n) is 6.43. The monoisotopic (exact) mass is 392 g/mol. The van der Waals surface area contributed by atoms with Crippen LogP contribution in [-0.4, -0.2) is 56.1 Å². The number of unbranched alkanes of at least 4 members (excludes halogenated alkanes) is 1. The number of sulfonamides is 1. The Bertz CT molecular complexity index is 842. The van der Waals surface area contributed by atoms with Crippen molar-refractivity contribution in [1.82, 2.24) is 9.88 Å². The van der Waals surface area contributed by atoms with Gasteiger partial charge in [0.15, 0.2) is 5.76 Å². The summed E-state index contributed by atoms with van der Waals surface area (Å²) in [6, 6.07) is 6.88. The maximum Gasteiger partial charge on any atom is 0.289 e. The first-order valence-corrected chi connectivity index (χ1v) is 10.7. The van der Waals surface area contributed by atoms with Crippen molar-refractivity contribution >= 4 is 27.4 Å². The average molecular weight is 392 g/mol. The molecule has 9 heteroatoms. The van der Waals surface area contributed by atoms with E-state index in [1.165, 1.54) is 6.26 Å². The smallest absolute Gasteiger partial charge is 0.289 e. The van der Waals surface area contributed by atoms with Gasteiger partial charge in [-0.1, -0.05) is 13.3 Å². The molecule has 0 aliphatic carbocycles. The Kier molecular flexibility index (Phi) is 6.00. The third kappa shape index (κ3) is 5.00. The van der Waals surface area contributed by atoms with E-state index in [9.17, 15) is 13.2 Å². The molecule has 2 aromatic rings. The van der Waals surface area contributed by atoms with E-state index in [0.717, 1.165) is 12.1 Å². The quantitative estimate of drug-likeness (QED) is 0.776. The van der Waals surface area contributed by atoms with Crippen LogP contribution >= 0.6 is 0 Å². The molecule has 0 aromatic carbocycles. The van der Waals surface area contributed by atoms with Crippen LogP contribution in [0.2, 0.25) is 0 Å². The van der Waals surface area contributed by atoms with Gasteiger partial charge in [-0.05, 0) is 30.7 Å². The highest BCUT2D eigenvalue weighted by Crippen LogP contribution is 2.19. The lowest BCUT2D eigenvalue weighted by Crippen LogP contribution is -2.48. The Morgan fingerprint density at radius 1 is 1.22 bits per heavy atom. The molecule has 0 atom stereocenters. The van der Waals surface area contributed by atoms with E-state index in [1.807, 2.05) is 13.0 Å². The number of hydrogen-bond acceptors (Lipinski definition) is 6. The van der Waals surface area contributed by atoms with Crippen LogP contribution in [0.5, 0.6) is 0 Å². The van der Waals surface area contributed by atoms with Crippen LogP contribution in [0.25, 0.3) is 0 Å². The molecule has 1 amide bonds. The number of nitrogens with one attached hydrogen (secondary N) is 1. The molecule has 146 valence electrons. The van der Waals surface area contributed by atoms with Gasteiger partial charge < -0.3 is 14.2 Å². The van der Waals surface area contributed by atoms with E-state index < -0.39 is 10.0 Å². The zero-order chi connectivity index (χ0) is 19.3. The Morgan fingerprint density at radius 2 is 2.00 bits per heavy atom. The van der Waals surface area contributed by atoms with E-state index in [1.54, 1.807) is 29.3 Å². The lowest BCUT2D eigenvalue weighted by Gasteiger charge is -2.35. The average Bonchev–Trinajstić information content (AvgIpc) is 3.21. The predicted molar refractivity (Wildman–Crippen MR) is 103 cm³/mol. The molecule has 0 saturated carbocycles. The maximum atomic E-state index is 12.3. The van der Waals surface area contributed by atoms with Crippen LogP contribution in [0.4, 0.5) is 11.5 Å². The van der Waals surface area contributed by atoms with E-state index in [-0.39, 0.29) is 11.7 Å². The molecule has 0 spiro atoms. The summed E-state index contributed by atoms with van der Waals surface area (Å²) >= 11 is 0. The van der Waals surface area contributed by atoms with Crippen LogP contribution in [0.15, 0.2) is 41.1 Å². The fraction of sp³-hybridized carbons (Fsp3) is 0.444. The Balaban J connectivity index is 1.55. The number of furan rings is 1. The topological polar surface area (TPSA) is 95.8 Å². The SMILES string of the molecule is CCCCS(=O)(=O)Nc1ccc(N2CCN(C(=O)c3ccco3)CC2)cn1. The first-order chi connectivity index (χ1) is 13.0. The summed E-state index contributed by atoms with van der Waals surface area (Å²) in [6.07, 6.45) is 4.59. The predicted octanol–water partition coefficient (Wildman–Crippen LogP) is 2.18. The highest BCUT2D eigenvalue weighted by atomic mass is 32.2. The maximum absolute atomic E-state index is 12.3. The van der Waals surface area contributed by atoms with Crippen LogP contribution in [0, 0.1) is 0 Å². The van der Waals surface area contributed by atoms with Crippen LogP contribution in [0.3, 0.4) is 0 Å². The van der Waals surface area contributed by atoms with E-state index in [4.69, 9.17) is 4.42 Å². The number of rotatable bonds is 7. The molecular formula is C18H24N4O4S. The number of carbonyl (C=O) groups excluding carboxylic acids is 1. The number of aromatic nitrogens is 1. The standard InChI is InChI=1S/C18H24N4O4S/c1-2-3-13-27(24,25)20-17-7-6-15(14-19-17)21-8-10-22(11-9-21)18(23)16-5-4-12-26-16/h4-7,12,14H,2-3,8-11,13H2,1H3,(H,19,20). The summed E-state index contributed by atoms with van der Waals surface area (Å²) in [4.78, 5) is 20.4. The summed E-state index contributed by atoms with van der Waals surface area (Å²) in [5, 5.41) is 0. The van der Waals surface area contributed by atoms with Crippen molar-refractivity contribution in [2.45, 2.75) is 19.8 Å². The van der Waals surface area contributed by atoms with Gasteiger partial charge in [0.2, 0.25) is 10.0 Å². The molecule has 27 heavy (non-hydrogen) atoms. The fourth-order valence-electron chi connectivity index (χ4n) is 2.90. The minimum absolute atomic E-state index is 0.0958. The van der Waals surface area contributed by atoms with E-state index in [0.29, 0.717) is 44.2 Å². The van der Waals surface area contributed by atoms with Gasteiger partial charge in [0, 0.05) is 26.2 Å². The van der Waals surface area contributed by atoms with Crippen molar-refractivity contribution in [1.29, 1.82) is 0 Å². The van der Waals surface area contributed by atoms with Gasteiger partial charge in [-0.2, -0.15) is 0 Å². The first-order valence-electron chi connectivity index (χ1n) is 9.03. The van der Waals surface area contributed by atoms with Gasteiger partial charge in [-0.25, -0.2) is 13.4 Å². The lowest BCUT2D eigenvalue weighted by atomic mass is 10.2. The summed E-state index contributed by atoms with van der Waals surface area (Å²) < 4.78 is 31.5. The molecule has 1 N–H and O–H groups in total. The van der Waals surface area contributed by atoms with Crippen LogP contribution in [0.1, 0.15) is 30.3 Å². The van der Waals surface area contributed by atoms with Crippen molar-refractivity contribution in [3.63, 3.8) is 0 Å². The van der Waals surface area contributed by atoms with Crippen LogP contribution < -0.4 is 9.62 Å². The molecule has 0 bridgehead atoms. The molecule has 1 saturated heterocycles. The Labute approximate surface area is 159 Å². The van der Waals surface area contributed by atoms with Crippen molar-refractivity contribution in [3.05, 3.63) is 42.5 Å². The zero-order valence-corrected chi connectivity index (χ0v) is 16.1. The van der Waals surface area contributed by atoms with Crippen molar-refractivity contribution in [3.8, 4) is 0 Å². The number of nitrogens with zero attached hydrogens (tertiary/aromatic N) is 3. The third-order valence-electron chi connectivity index (χ3n) is 4.44. The van der Waals surface area contributed by atoms with Crippen molar-refractivity contribution < 1.29 is 17.6 Å². The molecular weight excluding hydrogens is 368 g/mol. The van der Waals surface area contributed by atoms with E-state index in [2.05, 4.69) is 14.6 Å². The normalized spacial score (nSPS) is 15.0. The minimum Gasteiger partial charge on any atom is -0.459 e. The molecule has 8 nitrogen and oxygen atoms in total. The first kappa shape index (κ1) is 19.2. The van der Waals surface area contributed by atoms with Gasteiger partial charge >= 0.3 is 0 Å². The van der Waals surface area contributed by atoms with Gasteiger partial charge in [0.05, 0.1) is 23.9 Å². The molecule has 1 fully saturated rings. The zero-order valence-electron chi connectivity index (χ0n) is 15.3. The Morgan fingerprint density at radius 3 is 2.59 bits per heavy atom. The van der Waals surface area contributed by atoms with Gasteiger partial charge in [-0.3, -0.25) is 9.52 Å². The van der Waals surface area contributed by atoms with Gasteiger partial charge in [0.1, 0.15) is 5.82 Å². The lowest BCUT2D eigenvalue weighted by molar-refractivity contribution is 0.0714. The Hall–Kier alpha value is -2.55. The van der Waals surface area contributed by atoms with Crippen molar-refractivity contribution in [2.24, 2.45) is 0 Å². The number of hydrogen-bond donors (Lipinski definition) is 1. The molecule has 1 aliphatic heterocycles. The minimum atomic E-state index is -3.35. The molecule has 0 radical (unpaired) electrons. The summed E-state index contributed by atoms with van der Waals surface area (Å²) in [7, 11) is -3.35. The third-order valence-corrected chi connectivity index (χ3v) is 5.78. The molecule has 3 heterocycles. The fourth-order valence-corrected chi connectivity index (χ4v) is 4.11. The van der Waals surface area contributed by atoms with Crippen LogP contribution in [-0.2, 0) is 10.0 Å². The second kappa shape index (κ2) is 8.43. The second-order valence-corrected chi connectivity index (χ2v) is 8.27. The highest BCUT2D eigenvalue weighted by Gasteiger charge is 2.24. The molecule has 0 unspecified atom stereocenters. The number of anilines is 2. The van der Waals surface area contributed by atoms with E-state index >= 15 is 0 Å². The molecule has 3 rings (SSSR count). The highest BCUT2D eigenvalue weighted by molar-refractivity contribution is 7.92. The number of amides is 1. The summed E-state index contributed by atoms with van der Waals surface area (Å²) in [5.74, 6) is 0.666. The number of pyridine rings is 1. The van der Waals surface area contributed by atoms with Crippen molar-refractivity contribution in [2.75, 3.05) is 41.6 Å². The molecule has 2 aromatic heterocycles. The van der Waals surface area contributed by atoms with Gasteiger partial charge in [0.25, 0.3) is 5.91 Å². The molecule has 1 aliphatic rings. The van der Waals surface area contributed by atoms with Gasteiger partial charge in [-0.15, -0.1) is 0 Å². The number of carbonyl (C=O) groups is 1. The largest absolute Gasteiger partial charge is 0.459 e. The summed E-state index contributed by atoms with van der Waals surface area (Å²) in [5.41, 5.74) is 0.900.